The Kier molecular flexibility index (Phi) is 4.61. The van der Waals surface area contributed by atoms with Crippen molar-refractivity contribution in [3.05, 3.63) is 0 Å². The van der Waals surface area contributed by atoms with Gasteiger partial charge in [0.25, 0.3) is 0 Å². The lowest BCUT2D eigenvalue weighted by molar-refractivity contribution is -0.314. The van der Waals surface area contributed by atoms with Gasteiger partial charge in [-0.2, -0.15) is 30.4 Å². The Hall–Kier alpha value is -1.08. The minimum atomic E-state index is -6.85. The van der Waals surface area contributed by atoms with Crippen LogP contribution in [0.25, 0.3) is 0 Å². The fourth-order valence-corrected chi connectivity index (χ4v) is 5.99. The van der Waals surface area contributed by atoms with Gasteiger partial charge in [-0.05, 0) is 43.9 Å². The van der Waals surface area contributed by atoms with Crippen LogP contribution in [0.3, 0.4) is 0 Å². The SMILES string of the molecule is COC12CC3CC(C1)CC(OC(=O)C(F)(C(F)(F)C(F)(F)F)S(=O)(=O)O)(C3)C2. The molecular weight excluding hydrogens is 422 g/mol. The first kappa shape index (κ1) is 21.6. The monoisotopic (exact) mass is 440 g/mol. The quantitative estimate of drug-likeness (QED) is 0.402. The lowest BCUT2D eigenvalue weighted by Crippen LogP contribution is -2.66. The van der Waals surface area contributed by atoms with Crippen molar-refractivity contribution in [3.8, 4) is 0 Å². The number of hydrogen-bond acceptors (Lipinski definition) is 5. The van der Waals surface area contributed by atoms with Gasteiger partial charge in [-0.3, -0.25) is 4.55 Å². The van der Waals surface area contributed by atoms with Crippen LogP contribution in [0.4, 0.5) is 26.3 Å². The number of carbonyl (C=O) groups is 1. The number of ether oxygens (including phenoxy) is 2. The maximum Gasteiger partial charge on any atom is 0.458 e. The Morgan fingerprint density at radius 2 is 1.46 bits per heavy atom. The van der Waals surface area contributed by atoms with E-state index in [1.54, 1.807) is 0 Å². The number of methoxy groups -OCH3 is 1. The number of esters is 1. The van der Waals surface area contributed by atoms with Gasteiger partial charge in [-0.25, -0.2) is 9.18 Å². The molecule has 4 aliphatic rings. The summed E-state index contributed by atoms with van der Waals surface area (Å²) in [5.74, 6) is -9.91. The first-order valence-electron chi connectivity index (χ1n) is 8.40. The molecule has 4 rings (SSSR count). The summed E-state index contributed by atoms with van der Waals surface area (Å²) in [6.07, 6.45) is -4.95. The molecule has 0 heterocycles. The highest BCUT2D eigenvalue weighted by Crippen LogP contribution is 2.60. The van der Waals surface area contributed by atoms with Gasteiger partial charge < -0.3 is 9.47 Å². The summed E-state index contributed by atoms with van der Waals surface area (Å²) in [7, 11) is -5.48. The van der Waals surface area contributed by atoms with Crippen molar-refractivity contribution >= 4 is 16.1 Å². The number of rotatable bonds is 5. The predicted molar refractivity (Wildman–Crippen MR) is 79.6 cm³/mol. The van der Waals surface area contributed by atoms with E-state index in [2.05, 4.69) is 0 Å². The summed E-state index contributed by atoms with van der Waals surface area (Å²) >= 11 is 0. The van der Waals surface area contributed by atoms with E-state index in [4.69, 9.17) is 14.0 Å². The zero-order valence-corrected chi connectivity index (χ0v) is 15.4. The molecule has 0 aromatic heterocycles. The van der Waals surface area contributed by atoms with E-state index in [1.807, 2.05) is 0 Å². The van der Waals surface area contributed by atoms with Gasteiger partial charge in [-0.15, -0.1) is 0 Å². The second-order valence-corrected chi connectivity index (χ2v) is 9.58. The topological polar surface area (TPSA) is 89.9 Å². The van der Waals surface area contributed by atoms with Crippen LogP contribution in [0.1, 0.15) is 38.5 Å². The zero-order chi connectivity index (χ0) is 21.4. The van der Waals surface area contributed by atoms with E-state index < -0.39 is 44.4 Å². The van der Waals surface area contributed by atoms with Crippen LogP contribution in [0.5, 0.6) is 0 Å². The molecule has 28 heavy (non-hydrogen) atoms. The molecule has 6 nitrogen and oxygen atoms in total. The number of alkyl halides is 6. The lowest BCUT2D eigenvalue weighted by atomic mass is 9.52. The molecule has 4 aliphatic carbocycles. The Balaban J connectivity index is 1.98. The first-order valence-corrected chi connectivity index (χ1v) is 9.84. The molecule has 0 amide bonds. The van der Waals surface area contributed by atoms with Crippen LogP contribution in [-0.4, -0.2) is 54.4 Å². The largest absolute Gasteiger partial charge is 0.458 e. The molecule has 3 unspecified atom stereocenters. The highest BCUT2D eigenvalue weighted by atomic mass is 32.2. The van der Waals surface area contributed by atoms with Crippen LogP contribution < -0.4 is 0 Å². The van der Waals surface area contributed by atoms with E-state index in [-0.39, 0.29) is 31.1 Å². The highest BCUT2D eigenvalue weighted by Gasteiger charge is 2.82. The molecular formula is C15H18F6O6S. The van der Waals surface area contributed by atoms with Gasteiger partial charge in [-0.1, -0.05) is 0 Å². The smallest absolute Gasteiger partial charge is 0.456 e. The van der Waals surface area contributed by atoms with Gasteiger partial charge in [0.05, 0.1) is 5.60 Å². The van der Waals surface area contributed by atoms with Crippen molar-refractivity contribution in [2.24, 2.45) is 11.8 Å². The molecule has 13 heteroatoms. The number of halogens is 6. The van der Waals surface area contributed by atoms with Gasteiger partial charge in [0.1, 0.15) is 5.60 Å². The van der Waals surface area contributed by atoms with Crippen molar-refractivity contribution in [2.45, 2.75) is 66.8 Å². The minimum absolute atomic E-state index is 0.0551. The zero-order valence-electron chi connectivity index (χ0n) is 14.6. The summed E-state index contributed by atoms with van der Waals surface area (Å²) < 4.78 is 121. The standard InChI is InChI=1S/C15H18F6O6S/c1-26-11-3-8-2-9(4-11)6-12(5-8,7-11)27-10(22)13(16,28(23,24)25)14(17,18)15(19,20)21/h8-9H,2-7H2,1H3,(H,23,24,25). The molecule has 0 aromatic rings. The molecule has 0 aromatic carbocycles. The molecule has 0 radical (unpaired) electrons. The van der Waals surface area contributed by atoms with Gasteiger partial charge in [0.15, 0.2) is 0 Å². The number of carbonyl (C=O) groups excluding carboxylic acids is 1. The molecule has 4 bridgehead atoms. The molecule has 1 N–H and O–H groups in total. The fraction of sp³-hybridized carbons (Fsp3) is 0.933. The van der Waals surface area contributed by atoms with Gasteiger partial charge in [0, 0.05) is 13.5 Å². The molecule has 3 atom stereocenters. The first-order chi connectivity index (χ1) is 12.5. The summed E-state index contributed by atoms with van der Waals surface area (Å²) in [6, 6.07) is 0. The third-order valence-electron chi connectivity index (χ3n) is 6.07. The van der Waals surface area contributed by atoms with Crippen molar-refractivity contribution in [1.29, 1.82) is 0 Å². The average Bonchev–Trinajstić information content (AvgIpc) is 2.49. The molecule has 4 saturated carbocycles. The Morgan fingerprint density at radius 3 is 1.86 bits per heavy atom. The third kappa shape index (κ3) is 2.92. The molecule has 162 valence electrons. The second kappa shape index (κ2) is 5.97. The van der Waals surface area contributed by atoms with Gasteiger partial charge in [0.2, 0.25) is 0 Å². The molecule has 4 fully saturated rings. The van der Waals surface area contributed by atoms with Crippen LogP contribution in [0.15, 0.2) is 0 Å². The Bertz CT molecular complexity index is 766. The Labute approximate surface area is 156 Å². The van der Waals surface area contributed by atoms with Crippen molar-refractivity contribution in [3.63, 3.8) is 0 Å². The van der Waals surface area contributed by atoms with Crippen LogP contribution in [0, 0.1) is 11.8 Å². The maximum atomic E-state index is 14.6. The number of hydrogen-bond donors (Lipinski definition) is 1. The summed E-state index contributed by atoms with van der Waals surface area (Å²) in [5.41, 5.74) is -2.45. The summed E-state index contributed by atoms with van der Waals surface area (Å²) in [5, 5.41) is -6.03. The van der Waals surface area contributed by atoms with E-state index in [0.717, 1.165) is 0 Å². The second-order valence-electron chi connectivity index (χ2n) is 8.06. The maximum absolute atomic E-state index is 14.6. The Morgan fingerprint density at radius 1 is 1.00 bits per heavy atom. The fourth-order valence-electron chi connectivity index (χ4n) is 5.29. The van der Waals surface area contributed by atoms with E-state index in [0.29, 0.717) is 19.3 Å². The van der Waals surface area contributed by atoms with Crippen molar-refractivity contribution in [2.75, 3.05) is 7.11 Å². The summed E-state index contributed by atoms with van der Waals surface area (Å²) in [4.78, 5) is 12.1. The average molecular weight is 440 g/mol. The van der Waals surface area contributed by atoms with E-state index >= 15 is 0 Å². The van der Waals surface area contributed by atoms with Crippen molar-refractivity contribution in [1.82, 2.24) is 0 Å². The van der Waals surface area contributed by atoms with Crippen LogP contribution in [-0.2, 0) is 24.4 Å². The highest BCUT2D eigenvalue weighted by molar-refractivity contribution is 7.88. The molecule has 0 aliphatic heterocycles. The predicted octanol–water partition coefficient (Wildman–Crippen LogP) is 3.02. The summed E-state index contributed by atoms with van der Waals surface area (Å²) in [6.45, 7) is 0. The normalized spacial score (nSPS) is 37.6. The van der Waals surface area contributed by atoms with E-state index in [1.165, 1.54) is 7.11 Å². The van der Waals surface area contributed by atoms with Gasteiger partial charge >= 0.3 is 33.2 Å². The van der Waals surface area contributed by atoms with Crippen LogP contribution in [0.2, 0.25) is 0 Å². The molecule has 0 spiro atoms. The van der Waals surface area contributed by atoms with Crippen LogP contribution >= 0.6 is 0 Å². The third-order valence-corrected chi connectivity index (χ3v) is 7.21. The minimum Gasteiger partial charge on any atom is -0.456 e. The van der Waals surface area contributed by atoms with Crippen molar-refractivity contribution < 1.29 is 53.6 Å². The lowest BCUT2D eigenvalue weighted by Gasteiger charge is -2.60. The van der Waals surface area contributed by atoms with E-state index in [9.17, 15) is 39.6 Å². The molecule has 0 saturated heterocycles.